The molecule has 26 heavy (non-hydrogen) atoms. The van der Waals surface area contributed by atoms with Crippen molar-refractivity contribution >= 4 is 11.7 Å². The summed E-state index contributed by atoms with van der Waals surface area (Å²) in [6, 6.07) is 13.9. The van der Waals surface area contributed by atoms with Crippen molar-refractivity contribution in [2.75, 3.05) is 26.2 Å². The summed E-state index contributed by atoms with van der Waals surface area (Å²) < 4.78 is 2.01. The number of benzene rings is 1. The van der Waals surface area contributed by atoms with Gasteiger partial charge in [-0.05, 0) is 31.5 Å². The lowest BCUT2D eigenvalue weighted by molar-refractivity contribution is -0.143. The standard InChI is InChI=1S/C20H25N3O3/c1-22-11-6-10-18(22)19(16-7-3-2-4-8-16)21-26-14-13-23-12-5-9-17(15-23)20(24)25/h2-4,6-8,10-11,17H,5,9,12-15H2,1H3,(H,24,25)/t17-/m1/s1. The van der Waals surface area contributed by atoms with E-state index in [0.717, 1.165) is 36.4 Å². The number of aliphatic carboxylic acids is 1. The molecule has 6 heteroatoms. The summed E-state index contributed by atoms with van der Waals surface area (Å²) in [5.41, 5.74) is 2.78. The third kappa shape index (κ3) is 4.52. The lowest BCUT2D eigenvalue weighted by atomic mass is 9.98. The van der Waals surface area contributed by atoms with Gasteiger partial charge in [-0.3, -0.25) is 9.69 Å². The van der Waals surface area contributed by atoms with Gasteiger partial charge in [0.15, 0.2) is 0 Å². The second kappa shape index (κ2) is 8.67. The number of hydrogen-bond acceptors (Lipinski definition) is 4. The number of aromatic nitrogens is 1. The molecule has 6 nitrogen and oxygen atoms in total. The minimum Gasteiger partial charge on any atom is -0.481 e. The molecule has 2 heterocycles. The van der Waals surface area contributed by atoms with Crippen LogP contribution in [-0.4, -0.2) is 52.5 Å². The lowest BCUT2D eigenvalue weighted by Crippen LogP contribution is -2.40. The van der Waals surface area contributed by atoms with E-state index in [4.69, 9.17) is 4.84 Å². The fraction of sp³-hybridized carbons (Fsp3) is 0.400. The highest BCUT2D eigenvalue weighted by molar-refractivity contribution is 6.11. The molecule has 1 aliphatic rings. The molecule has 1 aliphatic heterocycles. The van der Waals surface area contributed by atoms with E-state index in [0.29, 0.717) is 19.7 Å². The molecule has 1 saturated heterocycles. The highest BCUT2D eigenvalue weighted by Crippen LogP contribution is 2.16. The Hall–Kier alpha value is -2.60. The summed E-state index contributed by atoms with van der Waals surface area (Å²) in [5.74, 6) is -0.973. The monoisotopic (exact) mass is 355 g/mol. The molecule has 1 aromatic heterocycles. The molecule has 3 rings (SSSR count). The maximum absolute atomic E-state index is 11.2. The topological polar surface area (TPSA) is 67.1 Å². The predicted octanol–water partition coefficient (Wildman–Crippen LogP) is 2.59. The Labute approximate surface area is 153 Å². The summed E-state index contributed by atoms with van der Waals surface area (Å²) in [6.45, 7) is 2.63. The Morgan fingerprint density at radius 3 is 2.77 bits per heavy atom. The Kier molecular flexibility index (Phi) is 6.07. The van der Waals surface area contributed by atoms with Crippen LogP contribution in [0.15, 0.2) is 53.8 Å². The number of oxime groups is 1. The molecule has 0 radical (unpaired) electrons. The van der Waals surface area contributed by atoms with Crippen LogP contribution in [-0.2, 0) is 16.7 Å². The maximum Gasteiger partial charge on any atom is 0.307 e. The van der Waals surface area contributed by atoms with E-state index in [9.17, 15) is 9.90 Å². The van der Waals surface area contributed by atoms with Crippen LogP contribution >= 0.6 is 0 Å². The average molecular weight is 355 g/mol. The molecule has 0 saturated carbocycles. The molecule has 1 N–H and O–H groups in total. The molecule has 1 aromatic carbocycles. The van der Waals surface area contributed by atoms with Crippen LogP contribution in [0.5, 0.6) is 0 Å². The van der Waals surface area contributed by atoms with Crippen LogP contribution in [0.4, 0.5) is 0 Å². The van der Waals surface area contributed by atoms with Crippen LogP contribution in [0.2, 0.25) is 0 Å². The number of hydrogen-bond donors (Lipinski definition) is 1. The highest BCUT2D eigenvalue weighted by atomic mass is 16.6. The molecule has 1 atom stereocenters. The van der Waals surface area contributed by atoms with Crippen LogP contribution in [0.1, 0.15) is 24.1 Å². The normalized spacial score (nSPS) is 18.7. The zero-order chi connectivity index (χ0) is 18.4. The fourth-order valence-corrected chi connectivity index (χ4v) is 3.29. The second-order valence-corrected chi connectivity index (χ2v) is 6.62. The maximum atomic E-state index is 11.2. The summed E-state index contributed by atoms with van der Waals surface area (Å²) in [5, 5.41) is 13.6. The van der Waals surface area contributed by atoms with E-state index in [1.54, 1.807) is 0 Å². The molecule has 2 aromatic rings. The second-order valence-electron chi connectivity index (χ2n) is 6.62. The third-order valence-corrected chi connectivity index (χ3v) is 4.74. The van der Waals surface area contributed by atoms with Gasteiger partial charge in [0.05, 0.1) is 11.6 Å². The molecule has 1 fully saturated rings. The zero-order valence-corrected chi connectivity index (χ0v) is 15.0. The molecule has 0 bridgehead atoms. The molecular formula is C20H25N3O3. The number of rotatable bonds is 7. The van der Waals surface area contributed by atoms with Gasteiger partial charge < -0.3 is 14.5 Å². The largest absolute Gasteiger partial charge is 0.481 e. The van der Waals surface area contributed by atoms with Gasteiger partial charge in [-0.1, -0.05) is 35.5 Å². The van der Waals surface area contributed by atoms with Crippen LogP contribution < -0.4 is 0 Å². The van der Waals surface area contributed by atoms with Crippen LogP contribution in [0.3, 0.4) is 0 Å². The van der Waals surface area contributed by atoms with Crippen LogP contribution in [0, 0.1) is 5.92 Å². The Balaban J connectivity index is 1.63. The molecule has 0 aliphatic carbocycles. The van der Waals surface area contributed by atoms with Gasteiger partial charge in [-0.2, -0.15) is 0 Å². The molecular weight excluding hydrogens is 330 g/mol. The average Bonchev–Trinajstić information content (AvgIpc) is 3.08. The number of carbonyl (C=O) groups is 1. The van der Waals surface area contributed by atoms with Gasteiger partial charge in [0.2, 0.25) is 0 Å². The first kappa shape index (κ1) is 18.2. The van der Waals surface area contributed by atoms with Crippen molar-refractivity contribution in [3.05, 3.63) is 59.9 Å². The van der Waals surface area contributed by atoms with Crippen molar-refractivity contribution in [3.8, 4) is 0 Å². The summed E-state index contributed by atoms with van der Waals surface area (Å²) in [6.07, 6.45) is 3.66. The zero-order valence-electron chi connectivity index (χ0n) is 15.0. The molecule has 0 amide bonds. The van der Waals surface area contributed by atoms with Gasteiger partial charge in [-0.15, -0.1) is 0 Å². The fourth-order valence-electron chi connectivity index (χ4n) is 3.29. The lowest BCUT2D eigenvalue weighted by Gasteiger charge is -2.29. The van der Waals surface area contributed by atoms with E-state index in [1.807, 2.05) is 60.3 Å². The highest BCUT2D eigenvalue weighted by Gasteiger charge is 2.25. The van der Waals surface area contributed by atoms with Crippen LogP contribution in [0.25, 0.3) is 0 Å². The van der Waals surface area contributed by atoms with Crippen molar-refractivity contribution in [2.45, 2.75) is 12.8 Å². The van der Waals surface area contributed by atoms with Gasteiger partial charge in [0.25, 0.3) is 0 Å². The van der Waals surface area contributed by atoms with E-state index >= 15 is 0 Å². The minimum atomic E-state index is -0.705. The number of nitrogens with zero attached hydrogens (tertiary/aromatic N) is 3. The van der Waals surface area contributed by atoms with Crippen molar-refractivity contribution < 1.29 is 14.7 Å². The summed E-state index contributed by atoms with van der Waals surface area (Å²) in [7, 11) is 1.98. The third-order valence-electron chi connectivity index (χ3n) is 4.74. The Bertz CT molecular complexity index is 755. The predicted molar refractivity (Wildman–Crippen MR) is 100 cm³/mol. The van der Waals surface area contributed by atoms with Gasteiger partial charge in [0, 0.05) is 31.9 Å². The summed E-state index contributed by atoms with van der Waals surface area (Å²) in [4.78, 5) is 18.9. The van der Waals surface area contributed by atoms with E-state index in [2.05, 4.69) is 10.1 Å². The summed E-state index contributed by atoms with van der Waals surface area (Å²) >= 11 is 0. The molecule has 138 valence electrons. The van der Waals surface area contributed by atoms with Gasteiger partial charge in [0.1, 0.15) is 12.3 Å². The van der Waals surface area contributed by atoms with Crippen molar-refractivity contribution in [1.82, 2.24) is 9.47 Å². The molecule has 0 unspecified atom stereocenters. The SMILES string of the molecule is Cn1cccc1C(=NOCCN1CCC[C@@H](C(=O)O)C1)c1ccccc1. The Morgan fingerprint density at radius 2 is 2.08 bits per heavy atom. The van der Waals surface area contributed by atoms with Crippen molar-refractivity contribution in [2.24, 2.45) is 18.1 Å². The molecule has 0 spiro atoms. The minimum absolute atomic E-state index is 0.268. The first-order valence-corrected chi connectivity index (χ1v) is 8.97. The van der Waals surface area contributed by atoms with E-state index in [1.165, 1.54) is 0 Å². The number of likely N-dealkylation sites (tertiary alicyclic amines) is 1. The number of carboxylic acids is 1. The van der Waals surface area contributed by atoms with Crippen molar-refractivity contribution in [1.29, 1.82) is 0 Å². The first-order chi connectivity index (χ1) is 12.6. The Morgan fingerprint density at radius 1 is 1.27 bits per heavy atom. The smallest absolute Gasteiger partial charge is 0.307 e. The van der Waals surface area contributed by atoms with E-state index in [-0.39, 0.29) is 5.92 Å². The number of piperidine rings is 1. The quantitative estimate of drug-likeness (QED) is 0.471. The first-order valence-electron chi connectivity index (χ1n) is 8.97. The van der Waals surface area contributed by atoms with Gasteiger partial charge in [-0.25, -0.2) is 0 Å². The number of carboxylic acid groups (broad SMARTS) is 1. The van der Waals surface area contributed by atoms with E-state index < -0.39 is 5.97 Å². The van der Waals surface area contributed by atoms with Crippen molar-refractivity contribution in [3.63, 3.8) is 0 Å². The number of aryl methyl sites for hydroxylation is 1. The van der Waals surface area contributed by atoms with Gasteiger partial charge >= 0.3 is 5.97 Å².